The largest absolute Gasteiger partial charge is 0.491 e. The number of hydrogen-bond acceptors (Lipinski definition) is 5. The molecule has 0 fully saturated rings. The first-order valence-corrected chi connectivity index (χ1v) is 7.66. The van der Waals surface area contributed by atoms with Crippen LogP contribution < -0.4 is 10.1 Å². The zero-order valence-electron chi connectivity index (χ0n) is 14.1. The van der Waals surface area contributed by atoms with Gasteiger partial charge in [-0.2, -0.15) is 13.2 Å². The summed E-state index contributed by atoms with van der Waals surface area (Å²) in [5.74, 6) is 1.34. The van der Waals surface area contributed by atoms with Gasteiger partial charge in [-0.05, 0) is 5.56 Å². The van der Waals surface area contributed by atoms with E-state index >= 15 is 0 Å². The van der Waals surface area contributed by atoms with Gasteiger partial charge in [0.25, 0.3) is 0 Å². The molecule has 2 aromatic heterocycles. The van der Waals surface area contributed by atoms with Crippen LogP contribution >= 0.6 is 0 Å². The second-order valence-electron chi connectivity index (χ2n) is 5.55. The highest BCUT2D eigenvalue weighted by atomic mass is 19.4. The Balaban J connectivity index is 1.74. The number of ether oxygens (including phenoxy) is 1. The first kappa shape index (κ1) is 17.7. The summed E-state index contributed by atoms with van der Waals surface area (Å²) in [4.78, 5) is 11.7. The molecule has 1 N–H and O–H groups in total. The number of alkyl halides is 3. The van der Waals surface area contributed by atoms with E-state index in [0.717, 1.165) is 11.8 Å². The van der Waals surface area contributed by atoms with Crippen molar-refractivity contribution in [2.45, 2.75) is 12.7 Å². The van der Waals surface area contributed by atoms with Crippen LogP contribution in [0.3, 0.4) is 0 Å². The number of halogens is 3. The van der Waals surface area contributed by atoms with Gasteiger partial charge in [0.2, 0.25) is 0 Å². The van der Waals surface area contributed by atoms with E-state index in [1.54, 1.807) is 18.3 Å². The summed E-state index contributed by atoms with van der Waals surface area (Å²) >= 11 is 0. The van der Waals surface area contributed by atoms with E-state index in [0.29, 0.717) is 23.7 Å². The lowest BCUT2D eigenvalue weighted by Crippen LogP contribution is -2.05. The van der Waals surface area contributed by atoms with E-state index < -0.39 is 11.9 Å². The Morgan fingerprint density at radius 3 is 2.54 bits per heavy atom. The van der Waals surface area contributed by atoms with Crippen LogP contribution in [0.1, 0.15) is 11.3 Å². The number of benzene rings is 1. The first-order chi connectivity index (χ1) is 12.4. The average Bonchev–Trinajstić information content (AvgIpc) is 3.03. The van der Waals surface area contributed by atoms with E-state index in [1.165, 1.54) is 25.1 Å². The van der Waals surface area contributed by atoms with Crippen LogP contribution in [0.4, 0.5) is 19.0 Å². The summed E-state index contributed by atoms with van der Waals surface area (Å²) in [5.41, 5.74) is 0.627. The van der Waals surface area contributed by atoms with Crippen molar-refractivity contribution in [3.05, 3.63) is 54.2 Å². The minimum absolute atomic E-state index is 0.259. The van der Waals surface area contributed by atoms with Crippen LogP contribution in [-0.4, -0.2) is 26.6 Å². The fourth-order valence-electron chi connectivity index (χ4n) is 2.43. The van der Waals surface area contributed by atoms with E-state index in [4.69, 9.17) is 4.74 Å². The molecule has 0 atom stereocenters. The van der Waals surface area contributed by atoms with Crippen LogP contribution in [0.2, 0.25) is 0 Å². The molecule has 26 heavy (non-hydrogen) atoms. The molecule has 2 heterocycles. The second-order valence-corrected chi connectivity index (χ2v) is 5.55. The van der Waals surface area contributed by atoms with Crippen LogP contribution in [0, 0.1) is 0 Å². The molecule has 0 aliphatic rings. The predicted octanol–water partition coefficient (Wildman–Crippen LogP) is 3.52. The highest BCUT2D eigenvalue weighted by Crippen LogP contribution is 2.30. The summed E-state index contributed by atoms with van der Waals surface area (Å²) < 4.78 is 44.9. The highest BCUT2D eigenvalue weighted by molar-refractivity contribution is 5.57. The van der Waals surface area contributed by atoms with Crippen LogP contribution in [-0.2, 0) is 19.8 Å². The van der Waals surface area contributed by atoms with Crippen molar-refractivity contribution in [1.29, 1.82) is 0 Å². The lowest BCUT2D eigenvalue weighted by Gasteiger charge is -2.09. The van der Waals surface area contributed by atoms with E-state index in [1.807, 2.05) is 12.1 Å². The molecule has 0 saturated heterocycles. The highest BCUT2D eigenvalue weighted by Gasteiger charge is 2.34. The maximum Gasteiger partial charge on any atom is 0.434 e. The van der Waals surface area contributed by atoms with Crippen molar-refractivity contribution in [1.82, 2.24) is 19.5 Å². The SMILES string of the molecule is COc1cncnc1NCc1ccc(-c2nc(C(F)(F)F)cn2C)cc1. The molecule has 0 aliphatic heterocycles. The topological polar surface area (TPSA) is 64.9 Å². The molecule has 0 radical (unpaired) electrons. The molecule has 0 saturated carbocycles. The molecule has 0 unspecified atom stereocenters. The number of nitrogens with one attached hydrogen (secondary N) is 1. The molecule has 6 nitrogen and oxygen atoms in total. The molecular formula is C17H16F3N5O. The molecule has 0 bridgehead atoms. The van der Waals surface area contributed by atoms with Gasteiger partial charge in [-0.25, -0.2) is 15.0 Å². The lowest BCUT2D eigenvalue weighted by molar-refractivity contribution is -0.140. The number of aromatic nitrogens is 4. The third-order valence-corrected chi connectivity index (χ3v) is 3.74. The number of nitrogens with zero attached hydrogens (tertiary/aromatic N) is 4. The van der Waals surface area contributed by atoms with Gasteiger partial charge in [-0.3, -0.25) is 0 Å². The number of aryl methyl sites for hydroxylation is 1. The average molecular weight is 363 g/mol. The Kier molecular flexibility index (Phi) is 4.79. The van der Waals surface area contributed by atoms with Crippen molar-refractivity contribution >= 4 is 5.82 Å². The standard InChI is InChI=1S/C17H16F3N5O/c1-25-9-14(17(18,19)20)24-16(25)12-5-3-11(4-6-12)7-22-15-13(26-2)8-21-10-23-15/h3-6,8-10H,7H2,1-2H3,(H,21,22,23). The Morgan fingerprint density at radius 1 is 1.19 bits per heavy atom. The number of anilines is 1. The lowest BCUT2D eigenvalue weighted by atomic mass is 10.1. The quantitative estimate of drug-likeness (QED) is 0.751. The number of imidazole rings is 1. The van der Waals surface area contributed by atoms with Gasteiger partial charge in [-0.15, -0.1) is 0 Å². The normalized spacial score (nSPS) is 11.4. The molecule has 0 aliphatic carbocycles. The smallest absolute Gasteiger partial charge is 0.434 e. The number of hydrogen-bond donors (Lipinski definition) is 1. The minimum Gasteiger partial charge on any atom is -0.491 e. The first-order valence-electron chi connectivity index (χ1n) is 7.66. The molecule has 3 rings (SSSR count). The monoisotopic (exact) mass is 363 g/mol. The molecule has 0 spiro atoms. The van der Waals surface area contributed by atoms with Gasteiger partial charge in [0.15, 0.2) is 17.3 Å². The second kappa shape index (κ2) is 7.03. The fourth-order valence-corrected chi connectivity index (χ4v) is 2.43. The van der Waals surface area contributed by atoms with Crippen molar-refractivity contribution in [2.24, 2.45) is 7.05 Å². The van der Waals surface area contributed by atoms with Crippen molar-refractivity contribution in [2.75, 3.05) is 12.4 Å². The van der Waals surface area contributed by atoms with Crippen LogP contribution in [0.15, 0.2) is 43.0 Å². The Labute approximate surface area is 147 Å². The fraction of sp³-hybridized carbons (Fsp3) is 0.235. The Bertz CT molecular complexity index is 890. The van der Waals surface area contributed by atoms with Gasteiger partial charge in [0, 0.05) is 25.4 Å². The van der Waals surface area contributed by atoms with Crippen molar-refractivity contribution in [3.8, 4) is 17.1 Å². The van der Waals surface area contributed by atoms with Gasteiger partial charge in [0.05, 0.1) is 13.3 Å². The summed E-state index contributed by atoms with van der Waals surface area (Å²) in [7, 11) is 3.06. The zero-order valence-corrected chi connectivity index (χ0v) is 14.1. The summed E-state index contributed by atoms with van der Waals surface area (Å²) in [5, 5.41) is 3.13. The molecule has 0 amide bonds. The van der Waals surface area contributed by atoms with Crippen molar-refractivity contribution in [3.63, 3.8) is 0 Å². The van der Waals surface area contributed by atoms with Crippen LogP contribution in [0.5, 0.6) is 5.75 Å². The molecule has 9 heteroatoms. The van der Waals surface area contributed by atoms with Gasteiger partial charge >= 0.3 is 6.18 Å². The maximum atomic E-state index is 12.8. The van der Waals surface area contributed by atoms with Gasteiger partial charge in [0.1, 0.15) is 12.2 Å². The molecule has 3 aromatic rings. The third kappa shape index (κ3) is 3.76. The van der Waals surface area contributed by atoms with Gasteiger partial charge < -0.3 is 14.6 Å². The Hall–Kier alpha value is -3.10. The van der Waals surface area contributed by atoms with E-state index in [-0.39, 0.29) is 5.82 Å². The molecular weight excluding hydrogens is 347 g/mol. The molecule has 1 aromatic carbocycles. The molecule has 136 valence electrons. The maximum absolute atomic E-state index is 12.8. The van der Waals surface area contributed by atoms with Gasteiger partial charge in [-0.1, -0.05) is 24.3 Å². The summed E-state index contributed by atoms with van der Waals surface area (Å²) in [6.45, 7) is 0.474. The number of methoxy groups -OCH3 is 1. The zero-order chi connectivity index (χ0) is 18.7. The van der Waals surface area contributed by atoms with Crippen LogP contribution in [0.25, 0.3) is 11.4 Å². The summed E-state index contributed by atoms with van der Waals surface area (Å²) in [6, 6.07) is 7.10. The van der Waals surface area contributed by atoms with E-state index in [9.17, 15) is 13.2 Å². The predicted molar refractivity (Wildman–Crippen MR) is 89.6 cm³/mol. The van der Waals surface area contributed by atoms with E-state index in [2.05, 4.69) is 20.3 Å². The van der Waals surface area contributed by atoms with Crippen molar-refractivity contribution < 1.29 is 17.9 Å². The summed E-state index contributed by atoms with van der Waals surface area (Å²) in [6.07, 6.45) is -0.520. The minimum atomic E-state index is -4.46. The number of rotatable bonds is 5. The Morgan fingerprint density at radius 2 is 1.92 bits per heavy atom. The third-order valence-electron chi connectivity index (χ3n) is 3.74.